The maximum Gasteiger partial charge on any atom is 0.244 e. The van der Waals surface area contributed by atoms with Gasteiger partial charge in [-0.3, -0.25) is 19.3 Å². The molecule has 0 fully saturated rings. The summed E-state index contributed by atoms with van der Waals surface area (Å²) >= 11 is 6.01. The average Bonchev–Trinajstić information content (AvgIpc) is 2.69. The third kappa shape index (κ3) is 3.36. The first kappa shape index (κ1) is 19.4. The number of carbonyl (C=O) groups is 3. The summed E-state index contributed by atoms with van der Waals surface area (Å²) in [6.07, 6.45) is 1.66. The second kappa shape index (κ2) is 7.48. The Morgan fingerprint density at radius 2 is 1.69 bits per heavy atom. The summed E-state index contributed by atoms with van der Waals surface area (Å²) in [5, 5.41) is 0.539. The summed E-state index contributed by atoms with van der Waals surface area (Å²) in [4.78, 5) is 40.5. The van der Waals surface area contributed by atoms with Gasteiger partial charge in [0.1, 0.15) is 5.92 Å². The van der Waals surface area contributed by atoms with Crippen molar-refractivity contribution in [3.63, 3.8) is 0 Å². The van der Waals surface area contributed by atoms with Gasteiger partial charge in [0.05, 0.1) is 0 Å². The molecule has 0 bridgehead atoms. The van der Waals surface area contributed by atoms with Crippen LogP contribution in [0.25, 0.3) is 0 Å². The Bertz CT molecular complexity index is 1030. The Kier molecular flexibility index (Phi) is 5.01. The van der Waals surface area contributed by atoms with Crippen LogP contribution in [-0.2, 0) is 14.4 Å². The number of nitrogens with two attached hydrogens (primary N) is 1. The first-order chi connectivity index (χ1) is 13.9. The zero-order valence-corrected chi connectivity index (χ0v) is 16.8. The van der Waals surface area contributed by atoms with Crippen LogP contribution in [0.5, 0.6) is 0 Å². The summed E-state index contributed by atoms with van der Waals surface area (Å²) in [5.41, 5.74) is 9.28. The number of ketones is 1. The van der Waals surface area contributed by atoms with Gasteiger partial charge in [-0.05, 0) is 49.6 Å². The number of nitrogens with zero attached hydrogens (tertiary/aromatic N) is 1. The van der Waals surface area contributed by atoms with Crippen LogP contribution in [0, 0.1) is 12.8 Å². The molecule has 4 rings (SSSR count). The number of hydrogen-bond acceptors (Lipinski definition) is 3. The van der Waals surface area contributed by atoms with Crippen molar-refractivity contribution in [1.29, 1.82) is 0 Å². The lowest BCUT2D eigenvalue weighted by molar-refractivity contribution is -0.133. The monoisotopic (exact) mass is 408 g/mol. The van der Waals surface area contributed by atoms with Crippen LogP contribution in [0.3, 0.4) is 0 Å². The van der Waals surface area contributed by atoms with E-state index in [1.54, 1.807) is 24.3 Å². The summed E-state index contributed by atoms with van der Waals surface area (Å²) in [5.74, 6) is -3.02. The van der Waals surface area contributed by atoms with Crippen LogP contribution in [-0.4, -0.2) is 17.6 Å². The van der Waals surface area contributed by atoms with Crippen molar-refractivity contribution >= 4 is 34.9 Å². The van der Waals surface area contributed by atoms with Crippen LogP contribution >= 0.6 is 11.6 Å². The zero-order chi connectivity index (χ0) is 20.7. The highest BCUT2D eigenvalue weighted by molar-refractivity contribution is 6.30. The quantitative estimate of drug-likeness (QED) is 0.782. The van der Waals surface area contributed by atoms with Crippen LogP contribution in [0.4, 0.5) is 5.69 Å². The van der Waals surface area contributed by atoms with E-state index in [2.05, 4.69) is 0 Å². The van der Waals surface area contributed by atoms with Gasteiger partial charge >= 0.3 is 0 Å². The van der Waals surface area contributed by atoms with E-state index in [9.17, 15) is 14.4 Å². The van der Waals surface area contributed by atoms with Crippen molar-refractivity contribution in [3.8, 4) is 0 Å². The molecule has 2 N–H and O–H groups in total. The number of anilines is 1. The molecule has 29 heavy (non-hydrogen) atoms. The first-order valence-electron chi connectivity index (χ1n) is 9.60. The largest absolute Gasteiger partial charge is 0.369 e. The summed E-state index contributed by atoms with van der Waals surface area (Å²) in [6.45, 7) is 1.96. The predicted octanol–water partition coefficient (Wildman–Crippen LogP) is 3.89. The van der Waals surface area contributed by atoms with Crippen LogP contribution in [0.1, 0.15) is 36.3 Å². The molecule has 0 unspecified atom stereocenters. The minimum absolute atomic E-state index is 0.0398. The van der Waals surface area contributed by atoms with Gasteiger partial charge in [0.2, 0.25) is 11.8 Å². The molecule has 1 aliphatic heterocycles. The molecule has 1 heterocycles. The maximum absolute atomic E-state index is 13.5. The molecular formula is C23H21ClN2O3. The minimum atomic E-state index is -1.15. The van der Waals surface area contributed by atoms with Crippen molar-refractivity contribution in [2.24, 2.45) is 11.7 Å². The highest BCUT2D eigenvalue weighted by atomic mass is 35.5. The van der Waals surface area contributed by atoms with Crippen LogP contribution in [0.2, 0.25) is 5.02 Å². The Morgan fingerprint density at radius 3 is 2.31 bits per heavy atom. The Labute approximate surface area is 174 Å². The van der Waals surface area contributed by atoms with E-state index in [0.29, 0.717) is 46.8 Å². The number of hydrogen-bond donors (Lipinski definition) is 1. The lowest BCUT2D eigenvalue weighted by atomic mass is 9.71. The molecule has 0 saturated heterocycles. The molecule has 0 radical (unpaired) electrons. The second-order valence-corrected chi connectivity index (χ2v) is 7.99. The van der Waals surface area contributed by atoms with Gasteiger partial charge in [0.25, 0.3) is 0 Å². The summed E-state index contributed by atoms with van der Waals surface area (Å²) in [7, 11) is 0. The highest BCUT2D eigenvalue weighted by Crippen LogP contribution is 2.46. The number of aryl methyl sites for hydroxylation is 1. The minimum Gasteiger partial charge on any atom is -0.369 e. The van der Waals surface area contributed by atoms with E-state index < -0.39 is 23.7 Å². The van der Waals surface area contributed by atoms with Crippen LogP contribution < -0.4 is 10.6 Å². The third-order valence-corrected chi connectivity index (χ3v) is 5.91. The van der Waals surface area contributed by atoms with Crippen molar-refractivity contribution in [2.75, 3.05) is 4.90 Å². The number of allylic oxidation sites excluding steroid dienone is 2. The Balaban J connectivity index is 1.95. The summed E-state index contributed by atoms with van der Waals surface area (Å²) in [6, 6.07) is 14.4. The lowest BCUT2D eigenvalue weighted by Crippen LogP contribution is -2.51. The molecule has 2 atom stereocenters. The molecule has 5 nitrogen and oxygen atoms in total. The van der Waals surface area contributed by atoms with Crippen LogP contribution in [0.15, 0.2) is 59.8 Å². The first-order valence-corrected chi connectivity index (χ1v) is 9.98. The number of amides is 2. The van der Waals surface area contributed by atoms with Gasteiger partial charge in [-0.15, -0.1) is 0 Å². The molecule has 1 aliphatic carbocycles. The number of primary amides is 1. The van der Waals surface area contributed by atoms with E-state index in [4.69, 9.17) is 17.3 Å². The maximum atomic E-state index is 13.5. The van der Waals surface area contributed by atoms with Gasteiger partial charge in [0, 0.05) is 34.3 Å². The van der Waals surface area contributed by atoms with Crippen molar-refractivity contribution in [3.05, 3.63) is 76.0 Å². The molecule has 2 aromatic carbocycles. The number of rotatable bonds is 3. The fourth-order valence-corrected chi connectivity index (χ4v) is 4.43. The van der Waals surface area contributed by atoms with Crippen molar-refractivity contribution in [1.82, 2.24) is 0 Å². The summed E-state index contributed by atoms with van der Waals surface area (Å²) < 4.78 is 0. The molecule has 148 valence electrons. The molecule has 2 aromatic rings. The molecule has 2 aliphatic rings. The number of Topliss-reactive ketones (excluding diaryl/α,β-unsaturated/α-hetero) is 1. The van der Waals surface area contributed by atoms with E-state index in [1.165, 1.54) is 4.90 Å². The predicted molar refractivity (Wildman–Crippen MR) is 111 cm³/mol. The van der Waals surface area contributed by atoms with E-state index in [-0.39, 0.29) is 5.78 Å². The fourth-order valence-electron chi connectivity index (χ4n) is 4.31. The van der Waals surface area contributed by atoms with Gasteiger partial charge in [-0.2, -0.15) is 0 Å². The smallest absolute Gasteiger partial charge is 0.244 e. The zero-order valence-electron chi connectivity index (χ0n) is 16.0. The molecule has 6 heteroatoms. The van der Waals surface area contributed by atoms with Crippen molar-refractivity contribution in [2.45, 2.75) is 32.1 Å². The number of benzene rings is 2. The van der Waals surface area contributed by atoms with Gasteiger partial charge in [0.15, 0.2) is 5.78 Å². The Hall–Kier alpha value is -2.92. The third-order valence-electron chi connectivity index (χ3n) is 5.66. The Morgan fingerprint density at radius 1 is 1.03 bits per heavy atom. The van der Waals surface area contributed by atoms with E-state index in [1.807, 2.05) is 31.2 Å². The fraction of sp³-hybridized carbons (Fsp3) is 0.261. The van der Waals surface area contributed by atoms with Gasteiger partial charge in [-0.1, -0.05) is 41.4 Å². The lowest BCUT2D eigenvalue weighted by Gasteiger charge is -2.41. The van der Waals surface area contributed by atoms with E-state index >= 15 is 0 Å². The molecule has 0 saturated carbocycles. The molecule has 0 spiro atoms. The van der Waals surface area contributed by atoms with Gasteiger partial charge < -0.3 is 5.73 Å². The molecule has 0 aromatic heterocycles. The highest BCUT2D eigenvalue weighted by Gasteiger charge is 2.48. The number of halogens is 1. The van der Waals surface area contributed by atoms with Gasteiger partial charge in [-0.25, -0.2) is 0 Å². The topological polar surface area (TPSA) is 80.5 Å². The average molecular weight is 409 g/mol. The van der Waals surface area contributed by atoms with E-state index in [0.717, 1.165) is 5.56 Å². The SMILES string of the molecule is Cc1ccc(N2C(=O)[C@@H](C(N)=O)[C@H](c3ccc(Cl)cc3)C3=C2CCCC3=O)cc1. The standard InChI is InChI=1S/C23H21ClN2O3/c1-13-5-11-16(12-6-13)26-17-3-2-4-18(27)20(17)19(21(22(25)28)23(26)29)14-7-9-15(24)10-8-14/h5-12,19,21H,2-4H2,1H3,(H2,25,28)/t19-,21-/m1/s1. The molecular weight excluding hydrogens is 388 g/mol. The number of carbonyl (C=O) groups excluding carboxylic acids is 3. The normalized spacial score (nSPS) is 21.9. The van der Waals surface area contributed by atoms with Crippen molar-refractivity contribution < 1.29 is 14.4 Å². The molecule has 2 amide bonds. The second-order valence-electron chi connectivity index (χ2n) is 7.56.